The summed E-state index contributed by atoms with van der Waals surface area (Å²) in [6, 6.07) is 0. The second-order valence-electron chi connectivity index (χ2n) is 4.86. The van der Waals surface area contributed by atoms with Crippen LogP contribution in [0.25, 0.3) is 0 Å². The molecule has 1 aliphatic rings. The van der Waals surface area contributed by atoms with Crippen molar-refractivity contribution < 1.29 is 4.79 Å². The van der Waals surface area contributed by atoms with Crippen LogP contribution < -0.4 is 5.73 Å². The van der Waals surface area contributed by atoms with E-state index in [0.717, 1.165) is 12.8 Å². The standard InChI is InChI=1S/C10H19NO/c1-7-5-6-10(4,8(11)12)9(7,2)3/h7H,5-6H2,1-4H3,(H2,11,12)/t7-,10-/m0/s1. The summed E-state index contributed by atoms with van der Waals surface area (Å²) in [5.41, 5.74) is 5.19. The molecule has 2 nitrogen and oxygen atoms in total. The third-order valence-electron chi connectivity index (χ3n) is 4.28. The summed E-state index contributed by atoms with van der Waals surface area (Å²) in [7, 11) is 0. The maximum Gasteiger partial charge on any atom is 0.223 e. The van der Waals surface area contributed by atoms with Crippen LogP contribution in [0, 0.1) is 16.7 Å². The molecular formula is C10H19NO. The molecule has 12 heavy (non-hydrogen) atoms. The van der Waals surface area contributed by atoms with E-state index in [2.05, 4.69) is 20.8 Å². The Bertz CT molecular complexity index is 210. The third-order valence-corrected chi connectivity index (χ3v) is 4.28. The fourth-order valence-corrected chi connectivity index (χ4v) is 2.17. The number of nitrogens with two attached hydrogens (primary N) is 1. The second kappa shape index (κ2) is 2.48. The van der Waals surface area contributed by atoms with E-state index in [0.29, 0.717) is 5.92 Å². The smallest absolute Gasteiger partial charge is 0.223 e. The van der Waals surface area contributed by atoms with Gasteiger partial charge in [0.25, 0.3) is 0 Å². The topological polar surface area (TPSA) is 43.1 Å². The second-order valence-corrected chi connectivity index (χ2v) is 4.86. The normalized spacial score (nSPS) is 39.8. The van der Waals surface area contributed by atoms with Gasteiger partial charge in [-0.3, -0.25) is 4.79 Å². The molecule has 0 heterocycles. The lowest BCUT2D eigenvalue weighted by Gasteiger charge is -2.38. The van der Waals surface area contributed by atoms with Gasteiger partial charge in [-0.25, -0.2) is 0 Å². The van der Waals surface area contributed by atoms with Gasteiger partial charge in [0.1, 0.15) is 0 Å². The van der Waals surface area contributed by atoms with E-state index in [1.165, 1.54) is 0 Å². The van der Waals surface area contributed by atoms with Gasteiger partial charge < -0.3 is 5.73 Å². The van der Waals surface area contributed by atoms with Gasteiger partial charge in [0.2, 0.25) is 5.91 Å². The summed E-state index contributed by atoms with van der Waals surface area (Å²) in [6.07, 6.45) is 2.06. The van der Waals surface area contributed by atoms with Gasteiger partial charge in [0.05, 0.1) is 5.41 Å². The molecule has 0 aromatic heterocycles. The largest absolute Gasteiger partial charge is 0.369 e. The minimum atomic E-state index is -0.299. The quantitative estimate of drug-likeness (QED) is 0.640. The zero-order chi connectivity index (χ0) is 9.57. The Morgan fingerprint density at radius 3 is 2.08 bits per heavy atom. The predicted molar refractivity (Wildman–Crippen MR) is 49.5 cm³/mol. The van der Waals surface area contributed by atoms with E-state index >= 15 is 0 Å². The van der Waals surface area contributed by atoms with Crippen molar-refractivity contribution in [3.8, 4) is 0 Å². The molecule has 70 valence electrons. The number of amides is 1. The average molecular weight is 169 g/mol. The summed E-state index contributed by atoms with van der Waals surface area (Å²) in [6.45, 7) is 8.50. The Morgan fingerprint density at radius 1 is 1.42 bits per heavy atom. The first-order valence-electron chi connectivity index (χ1n) is 4.62. The van der Waals surface area contributed by atoms with Crippen LogP contribution in [0.5, 0.6) is 0 Å². The fraction of sp³-hybridized carbons (Fsp3) is 0.900. The van der Waals surface area contributed by atoms with Gasteiger partial charge in [-0.15, -0.1) is 0 Å². The van der Waals surface area contributed by atoms with Crippen molar-refractivity contribution in [1.29, 1.82) is 0 Å². The highest BCUT2D eigenvalue weighted by molar-refractivity contribution is 5.81. The highest BCUT2D eigenvalue weighted by atomic mass is 16.1. The van der Waals surface area contributed by atoms with Gasteiger partial charge in [-0.2, -0.15) is 0 Å². The molecular weight excluding hydrogens is 150 g/mol. The van der Waals surface area contributed by atoms with Crippen LogP contribution in [0.1, 0.15) is 40.5 Å². The molecule has 1 amide bonds. The van der Waals surface area contributed by atoms with Crippen molar-refractivity contribution in [2.45, 2.75) is 40.5 Å². The zero-order valence-corrected chi connectivity index (χ0v) is 8.48. The van der Waals surface area contributed by atoms with Gasteiger partial charge in [0, 0.05) is 0 Å². The van der Waals surface area contributed by atoms with Crippen molar-refractivity contribution in [3.63, 3.8) is 0 Å². The molecule has 1 saturated carbocycles. The number of primary amides is 1. The molecule has 1 rings (SSSR count). The van der Waals surface area contributed by atoms with Crippen molar-refractivity contribution in [3.05, 3.63) is 0 Å². The number of rotatable bonds is 1. The average Bonchev–Trinajstić information content (AvgIpc) is 2.15. The molecule has 0 aliphatic heterocycles. The van der Waals surface area contributed by atoms with Crippen molar-refractivity contribution >= 4 is 5.91 Å². The van der Waals surface area contributed by atoms with E-state index in [9.17, 15) is 4.79 Å². The summed E-state index contributed by atoms with van der Waals surface area (Å²) in [5, 5.41) is 0. The first-order valence-corrected chi connectivity index (χ1v) is 4.62. The van der Waals surface area contributed by atoms with Crippen molar-refractivity contribution in [2.24, 2.45) is 22.5 Å². The third kappa shape index (κ3) is 0.970. The molecule has 1 fully saturated rings. The first-order chi connectivity index (χ1) is 5.32. The van der Waals surface area contributed by atoms with E-state index in [-0.39, 0.29) is 16.7 Å². The fourth-order valence-electron chi connectivity index (χ4n) is 2.17. The van der Waals surface area contributed by atoms with Crippen molar-refractivity contribution in [2.75, 3.05) is 0 Å². The van der Waals surface area contributed by atoms with Crippen LogP contribution in [0.2, 0.25) is 0 Å². The van der Waals surface area contributed by atoms with E-state index in [1.54, 1.807) is 0 Å². The molecule has 0 radical (unpaired) electrons. The Kier molecular flexibility index (Phi) is 1.97. The number of hydrogen-bond donors (Lipinski definition) is 1. The number of hydrogen-bond acceptors (Lipinski definition) is 1. The molecule has 2 atom stereocenters. The minimum absolute atomic E-state index is 0.0544. The van der Waals surface area contributed by atoms with E-state index in [1.807, 2.05) is 6.92 Å². The molecule has 0 aromatic carbocycles. The maximum absolute atomic E-state index is 11.3. The molecule has 0 bridgehead atoms. The van der Waals surface area contributed by atoms with Crippen LogP contribution >= 0.6 is 0 Å². The van der Waals surface area contributed by atoms with E-state index < -0.39 is 0 Å². The maximum atomic E-state index is 11.3. The van der Waals surface area contributed by atoms with Crippen LogP contribution in [0.4, 0.5) is 0 Å². The molecule has 0 unspecified atom stereocenters. The first kappa shape index (κ1) is 9.56. The van der Waals surface area contributed by atoms with Crippen LogP contribution in [-0.4, -0.2) is 5.91 Å². The lowest BCUT2D eigenvalue weighted by atomic mass is 9.66. The Balaban J connectivity index is 3.01. The highest BCUT2D eigenvalue weighted by Gasteiger charge is 2.53. The lowest BCUT2D eigenvalue weighted by molar-refractivity contribution is -0.132. The summed E-state index contributed by atoms with van der Waals surface area (Å²) < 4.78 is 0. The lowest BCUT2D eigenvalue weighted by Crippen LogP contribution is -2.44. The van der Waals surface area contributed by atoms with Crippen molar-refractivity contribution in [1.82, 2.24) is 0 Å². The Labute approximate surface area is 74.5 Å². The SMILES string of the molecule is C[C@H]1CC[C@@](C)(C(N)=O)C1(C)C. The molecule has 2 heteroatoms. The molecule has 0 spiro atoms. The summed E-state index contributed by atoms with van der Waals surface area (Å²) in [4.78, 5) is 11.3. The number of carbonyl (C=O) groups is 1. The van der Waals surface area contributed by atoms with Gasteiger partial charge >= 0.3 is 0 Å². The molecule has 1 aliphatic carbocycles. The molecule has 0 saturated heterocycles. The predicted octanol–water partition coefficient (Wildman–Crippen LogP) is 1.93. The highest BCUT2D eigenvalue weighted by Crippen LogP contribution is 2.55. The Morgan fingerprint density at radius 2 is 1.92 bits per heavy atom. The van der Waals surface area contributed by atoms with E-state index in [4.69, 9.17) is 5.73 Å². The number of carbonyl (C=O) groups excluding carboxylic acids is 1. The summed E-state index contributed by atoms with van der Waals surface area (Å²) >= 11 is 0. The molecule has 2 N–H and O–H groups in total. The Hall–Kier alpha value is -0.530. The minimum Gasteiger partial charge on any atom is -0.369 e. The van der Waals surface area contributed by atoms with Crippen LogP contribution in [0.3, 0.4) is 0 Å². The molecule has 0 aromatic rings. The van der Waals surface area contributed by atoms with Gasteiger partial charge in [-0.05, 0) is 24.2 Å². The van der Waals surface area contributed by atoms with Crippen LogP contribution in [0.15, 0.2) is 0 Å². The zero-order valence-electron chi connectivity index (χ0n) is 8.48. The van der Waals surface area contributed by atoms with Gasteiger partial charge in [-0.1, -0.05) is 27.7 Å². The van der Waals surface area contributed by atoms with Crippen LogP contribution in [-0.2, 0) is 4.79 Å². The summed E-state index contributed by atoms with van der Waals surface area (Å²) in [5.74, 6) is 0.451. The van der Waals surface area contributed by atoms with Gasteiger partial charge in [0.15, 0.2) is 0 Å². The monoisotopic (exact) mass is 169 g/mol.